The van der Waals surface area contributed by atoms with Crippen molar-refractivity contribution in [1.82, 2.24) is 4.98 Å². The number of nitrogens with two attached hydrogens (primary N) is 1. The van der Waals surface area contributed by atoms with Gasteiger partial charge < -0.3 is 20.7 Å². The van der Waals surface area contributed by atoms with Gasteiger partial charge in [-0.05, 0) is 24.1 Å². The fourth-order valence-electron chi connectivity index (χ4n) is 1.71. The molecule has 4 N–H and O–H groups in total. The molecule has 0 aliphatic carbocycles. The minimum Gasteiger partial charge on any atom is -0.478 e. The molecule has 0 radical (unpaired) electrons. The molecule has 6 nitrogen and oxygen atoms in total. The zero-order chi connectivity index (χ0) is 14.5. The second-order valence-electron chi connectivity index (χ2n) is 4.11. The standard InChI is InChI=1S/C14H14N2O4/c15-11-7-10(14(18)19)8-16-13(11)20-12-4-2-1-3-9(12)5-6-17/h1-4,7-8,17H,5-6,15H2,(H,18,19). The maximum Gasteiger partial charge on any atom is 0.337 e. The maximum atomic E-state index is 10.8. The van der Waals surface area contributed by atoms with E-state index in [1.54, 1.807) is 12.1 Å². The summed E-state index contributed by atoms with van der Waals surface area (Å²) in [4.78, 5) is 14.7. The van der Waals surface area contributed by atoms with E-state index in [0.29, 0.717) is 12.2 Å². The smallest absolute Gasteiger partial charge is 0.337 e. The summed E-state index contributed by atoms with van der Waals surface area (Å²) in [5, 5.41) is 17.8. The summed E-state index contributed by atoms with van der Waals surface area (Å²) in [6, 6.07) is 8.48. The van der Waals surface area contributed by atoms with Gasteiger partial charge in [-0.3, -0.25) is 0 Å². The number of carboxylic acids is 1. The first-order valence-corrected chi connectivity index (χ1v) is 5.97. The third kappa shape index (κ3) is 3.04. The molecule has 0 aliphatic rings. The highest BCUT2D eigenvalue weighted by Crippen LogP contribution is 2.28. The van der Waals surface area contributed by atoms with Crippen LogP contribution in [0.1, 0.15) is 15.9 Å². The molecule has 0 amide bonds. The Hall–Kier alpha value is -2.60. The molecule has 20 heavy (non-hydrogen) atoms. The average Bonchev–Trinajstić information content (AvgIpc) is 2.43. The lowest BCUT2D eigenvalue weighted by Crippen LogP contribution is -2.03. The predicted octanol–water partition coefficient (Wildman–Crippen LogP) is 1.69. The van der Waals surface area contributed by atoms with Gasteiger partial charge in [0.25, 0.3) is 0 Å². The molecule has 0 spiro atoms. The number of aromatic carboxylic acids is 1. The summed E-state index contributed by atoms with van der Waals surface area (Å²) in [6.45, 7) is 0.00123. The Balaban J connectivity index is 2.28. The van der Waals surface area contributed by atoms with Crippen LogP contribution in [0.25, 0.3) is 0 Å². The van der Waals surface area contributed by atoms with E-state index in [1.807, 2.05) is 12.1 Å². The van der Waals surface area contributed by atoms with Crippen LogP contribution in [0.3, 0.4) is 0 Å². The van der Waals surface area contributed by atoms with E-state index < -0.39 is 5.97 Å². The number of aromatic nitrogens is 1. The molecule has 1 heterocycles. The van der Waals surface area contributed by atoms with Crippen LogP contribution in [-0.4, -0.2) is 27.8 Å². The average molecular weight is 274 g/mol. The Morgan fingerprint density at radius 2 is 2.10 bits per heavy atom. The lowest BCUT2D eigenvalue weighted by atomic mass is 10.1. The molecule has 2 aromatic rings. The van der Waals surface area contributed by atoms with E-state index in [9.17, 15) is 4.79 Å². The topological polar surface area (TPSA) is 106 Å². The molecule has 0 atom stereocenters. The van der Waals surface area contributed by atoms with Crippen molar-refractivity contribution in [2.75, 3.05) is 12.3 Å². The van der Waals surface area contributed by atoms with Gasteiger partial charge in [-0.25, -0.2) is 9.78 Å². The van der Waals surface area contributed by atoms with Crippen LogP contribution < -0.4 is 10.5 Å². The summed E-state index contributed by atoms with van der Waals surface area (Å²) >= 11 is 0. The van der Waals surface area contributed by atoms with Gasteiger partial charge in [-0.15, -0.1) is 0 Å². The Morgan fingerprint density at radius 3 is 2.75 bits per heavy atom. The third-order valence-corrected chi connectivity index (χ3v) is 2.69. The van der Waals surface area contributed by atoms with Gasteiger partial charge in [0.15, 0.2) is 0 Å². The number of benzene rings is 1. The molecule has 6 heteroatoms. The highest BCUT2D eigenvalue weighted by molar-refractivity contribution is 5.88. The molecular formula is C14H14N2O4. The van der Waals surface area contributed by atoms with Crippen molar-refractivity contribution in [2.24, 2.45) is 0 Å². The molecule has 0 saturated heterocycles. The van der Waals surface area contributed by atoms with Gasteiger partial charge in [0, 0.05) is 12.8 Å². The molecule has 0 fully saturated rings. The number of rotatable bonds is 5. The lowest BCUT2D eigenvalue weighted by Gasteiger charge is -2.11. The van der Waals surface area contributed by atoms with E-state index in [-0.39, 0.29) is 23.7 Å². The van der Waals surface area contributed by atoms with Crippen molar-refractivity contribution in [3.05, 3.63) is 47.7 Å². The number of anilines is 1. The van der Waals surface area contributed by atoms with Gasteiger partial charge in [-0.1, -0.05) is 18.2 Å². The van der Waals surface area contributed by atoms with Gasteiger partial charge in [0.05, 0.1) is 11.3 Å². The molecular weight excluding hydrogens is 260 g/mol. The number of carbonyl (C=O) groups is 1. The summed E-state index contributed by atoms with van der Waals surface area (Å²) in [5.41, 5.74) is 6.69. The maximum absolute atomic E-state index is 10.8. The van der Waals surface area contributed by atoms with E-state index in [1.165, 1.54) is 12.3 Å². The third-order valence-electron chi connectivity index (χ3n) is 2.69. The van der Waals surface area contributed by atoms with Crippen LogP contribution in [0.5, 0.6) is 11.6 Å². The fourth-order valence-corrected chi connectivity index (χ4v) is 1.71. The number of nitrogen functional groups attached to an aromatic ring is 1. The normalized spacial score (nSPS) is 10.2. The van der Waals surface area contributed by atoms with Gasteiger partial charge in [0.1, 0.15) is 5.75 Å². The van der Waals surface area contributed by atoms with Crippen molar-refractivity contribution in [3.63, 3.8) is 0 Å². The van der Waals surface area contributed by atoms with Crippen LogP contribution in [0.4, 0.5) is 5.69 Å². The number of aliphatic hydroxyl groups is 1. The minimum absolute atomic E-state index is 0.00123. The van der Waals surface area contributed by atoms with Gasteiger partial charge in [-0.2, -0.15) is 0 Å². The fraction of sp³-hybridized carbons (Fsp3) is 0.143. The quantitative estimate of drug-likeness (QED) is 0.766. The number of nitrogens with zero attached hydrogens (tertiary/aromatic N) is 1. The highest BCUT2D eigenvalue weighted by Gasteiger charge is 2.11. The van der Waals surface area contributed by atoms with Crippen molar-refractivity contribution < 1.29 is 19.7 Å². The summed E-state index contributed by atoms with van der Waals surface area (Å²) in [7, 11) is 0. The summed E-state index contributed by atoms with van der Waals surface area (Å²) in [5.74, 6) is -0.430. The SMILES string of the molecule is Nc1cc(C(=O)O)cnc1Oc1ccccc1CCO. The molecule has 0 bridgehead atoms. The summed E-state index contributed by atoms with van der Waals surface area (Å²) in [6.07, 6.45) is 1.63. The molecule has 0 saturated carbocycles. The number of hydrogen-bond acceptors (Lipinski definition) is 5. The number of aliphatic hydroxyl groups excluding tert-OH is 1. The Bertz CT molecular complexity index is 628. The first kappa shape index (κ1) is 13.8. The predicted molar refractivity (Wildman–Crippen MR) is 72.9 cm³/mol. The molecule has 0 unspecified atom stereocenters. The Labute approximate surface area is 115 Å². The zero-order valence-corrected chi connectivity index (χ0v) is 10.6. The van der Waals surface area contributed by atoms with Gasteiger partial charge >= 0.3 is 5.97 Å². The highest BCUT2D eigenvalue weighted by atomic mass is 16.5. The number of carboxylic acid groups (broad SMARTS) is 1. The molecule has 0 aliphatic heterocycles. The molecule has 2 rings (SSSR count). The van der Waals surface area contributed by atoms with Crippen LogP contribution >= 0.6 is 0 Å². The second-order valence-corrected chi connectivity index (χ2v) is 4.11. The zero-order valence-electron chi connectivity index (χ0n) is 10.6. The summed E-state index contributed by atoms with van der Waals surface area (Å²) < 4.78 is 5.59. The van der Waals surface area contributed by atoms with Crippen molar-refractivity contribution in [1.29, 1.82) is 0 Å². The largest absolute Gasteiger partial charge is 0.478 e. The first-order chi connectivity index (χ1) is 9.61. The monoisotopic (exact) mass is 274 g/mol. The lowest BCUT2D eigenvalue weighted by molar-refractivity contribution is 0.0696. The van der Waals surface area contributed by atoms with E-state index in [2.05, 4.69) is 4.98 Å². The second kappa shape index (κ2) is 6.03. The first-order valence-electron chi connectivity index (χ1n) is 5.97. The van der Waals surface area contributed by atoms with E-state index in [4.69, 9.17) is 20.7 Å². The van der Waals surface area contributed by atoms with Crippen molar-refractivity contribution in [3.8, 4) is 11.6 Å². The van der Waals surface area contributed by atoms with Gasteiger partial charge in [0.2, 0.25) is 5.88 Å². The van der Waals surface area contributed by atoms with E-state index >= 15 is 0 Å². The Morgan fingerprint density at radius 1 is 1.35 bits per heavy atom. The van der Waals surface area contributed by atoms with Crippen LogP contribution in [0.2, 0.25) is 0 Å². The Kier molecular flexibility index (Phi) is 4.17. The number of ether oxygens (including phenoxy) is 1. The van der Waals surface area contributed by atoms with E-state index in [0.717, 1.165) is 5.56 Å². The van der Waals surface area contributed by atoms with Crippen molar-refractivity contribution >= 4 is 11.7 Å². The minimum atomic E-state index is -1.10. The number of pyridine rings is 1. The molecule has 1 aromatic carbocycles. The van der Waals surface area contributed by atoms with Crippen LogP contribution in [-0.2, 0) is 6.42 Å². The van der Waals surface area contributed by atoms with Crippen molar-refractivity contribution in [2.45, 2.75) is 6.42 Å². The van der Waals surface area contributed by atoms with Crippen LogP contribution in [0, 0.1) is 0 Å². The van der Waals surface area contributed by atoms with Crippen LogP contribution in [0.15, 0.2) is 36.5 Å². The molecule has 1 aromatic heterocycles. The number of hydrogen-bond donors (Lipinski definition) is 3. The number of para-hydroxylation sites is 1. The molecule has 104 valence electrons.